The summed E-state index contributed by atoms with van der Waals surface area (Å²) in [6.07, 6.45) is -0.460. The van der Waals surface area contributed by atoms with Crippen LogP contribution in [0.15, 0.2) is 24.3 Å². The fourth-order valence-corrected chi connectivity index (χ4v) is 10.2. The molecule has 0 heterocycles. The summed E-state index contributed by atoms with van der Waals surface area (Å²) >= 11 is 0. The number of alkyl halides is 3. The Balaban J connectivity index is 0.000000207. The van der Waals surface area contributed by atoms with E-state index >= 15 is 0 Å². The van der Waals surface area contributed by atoms with Crippen molar-refractivity contribution in [3.05, 3.63) is 24.3 Å². The SMILES string of the molecule is C=C(C)C(=O)OC12CC3CC(O)(CC(O)(C3)C1)C2.C=C(C)C(=O)OC12CC3CC(OC(C)=O)(C1)CC(OC(=O)C(F)(F)F)(C3)C2.CC(=O)OC(C)=O. The zero-order valence-corrected chi connectivity index (χ0v) is 30.1. The molecule has 0 saturated heterocycles. The van der Waals surface area contributed by atoms with Crippen molar-refractivity contribution in [1.82, 2.24) is 0 Å². The quantitative estimate of drug-likeness (QED) is 0.169. The standard InChI is InChI=1S/C18H21F3O6.C14H20O4.C4H6O3/c1-10(2)13(23)26-16-5-12-4-15(7-16,25-11(3)22)8-17(6-12,9-16)27-14(24)18(19,20)21;1-9(2)11(15)18-14-5-10-3-12(16,7-14)6-13(17,4-10)8-14;1-3(5)7-4(2)6/h12H,1,4-9H2,2-3H3;10,16-17H,1,3-8H2,2H3;1-2H3. The van der Waals surface area contributed by atoms with Crippen LogP contribution < -0.4 is 0 Å². The summed E-state index contributed by atoms with van der Waals surface area (Å²) in [5.41, 5.74) is -5.65. The number of aliphatic hydroxyl groups is 2. The van der Waals surface area contributed by atoms with Gasteiger partial charge in [-0.1, -0.05) is 13.2 Å². The van der Waals surface area contributed by atoms with E-state index in [1.54, 1.807) is 6.92 Å². The first kappa shape index (κ1) is 41.0. The highest BCUT2D eigenvalue weighted by molar-refractivity contribution is 5.88. The Labute approximate surface area is 299 Å². The van der Waals surface area contributed by atoms with Gasteiger partial charge in [-0.05, 0) is 64.2 Å². The van der Waals surface area contributed by atoms with Crippen LogP contribution in [0.2, 0.25) is 0 Å². The fourth-order valence-electron chi connectivity index (χ4n) is 10.2. The van der Waals surface area contributed by atoms with E-state index in [2.05, 4.69) is 17.9 Å². The molecule has 8 rings (SSSR count). The molecule has 8 saturated carbocycles. The second-order valence-corrected chi connectivity index (χ2v) is 16.1. The predicted molar refractivity (Wildman–Crippen MR) is 171 cm³/mol. The summed E-state index contributed by atoms with van der Waals surface area (Å²) in [5, 5.41) is 21.0. The second kappa shape index (κ2) is 13.9. The molecular formula is C36H47F3O13. The summed E-state index contributed by atoms with van der Waals surface area (Å²) in [7, 11) is 0. The van der Waals surface area contributed by atoms with Gasteiger partial charge in [0.15, 0.2) is 0 Å². The van der Waals surface area contributed by atoms with E-state index in [0.717, 1.165) is 19.3 Å². The minimum Gasteiger partial charge on any atom is -0.459 e. The van der Waals surface area contributed by atoms with E-state index in [1.807, 2.05) is 0 Å². The molecule has 8 bridgehead atoms. The Kier molecular flexibility index (Phi) is 10.9. The number of rotatable bonds is 6. The van der Waals surface area contributed by atoms with Gasteiger partial charge in [-0.25, -0.2) is 14.4 Å². The largest absolute Gasteiger partial charge is 0.490 e. The van der Waals surface area contributed by atoms with Crippen LogP contribution in [0.25, 0.3) is 0 Å². The normalized spacial score (nSPS) is 37.2. The summed E-state index contributed by atoms with van der Waals surface area (Å²) in [5.74, 6) is -5.02. The van der Waals surface area contributed by atoms with Crippen molar-refractivity contribution >= 4 is 35.8 Å². The maximum absolute atomic E-state index is 12.8. The lowest BCUT2D eigenvalue weighted by atomic mass is 9.50. The monoisotopic (exact) mass is 744 g/mol. The summed E-state index contributed by atoms with van der Waals surface area (Å²) in [6, 6.07) is 0. The predicted octanol–water partition coefficient (Wildman–Crippen LogP) is 4.39. The first-order chi connectivity index (χ1) is 23.6. The first-order valence-corrected chi connectivity index (χ1v) is 17.1. The van der Waals surface area contributed by atoms with Crippen molar-refractivity contribution in [3.63, 3.8) is 0 Å². The molecule has 8 aliphatic rings. The van der Waals surface area contributed by atoms with Crippen LogP contribution in [0.5, 0.6) is 0 Å². The number of hydrogen-bond donors (Lipinski definition) is 2. The average Bonchev–Trinajstić information content (AvgIpc) is 2.88. The van der Waals surface area contributed by atoms with Gasteiger partial charge in [-0.3, -0.25) is 14.4 Å². The van der Waals surface area contributed by atoms with Gasteiger partial charge in [0, 0.05) is 70.4 Å². The van der Waals surface area contributed by atoms with E-state index in [1.165, 1.54) is 27.7 Å². The molecule has 16 heteroatoms. The van der Waals surface area contributed by atoms with E-state index < -0.39 is 75.6 Å². The van der Waals surface area contributed by atoms with Crippen LogP contribution >= 0.6 is 0 Å². The van der Waals surface area contributed by atoms with E-state index in [0.29, 0.717) is 37.7 Å². The van der Waals surface area contributed by atoms with E-state index in [4.69, 9.17) is 18.9 Å². The zero-order valence-electron chi connectivity index (χ0n) is 30.1. The van der Waals surface area contributed by atoms with E-state index in [-0.39, 0.29) is 43.1 Å². The number of ether oxygens (including phenoxy) is 5. The molecule has 0 aromatic rings. The highest BCUT2D eigenvalue weighted by Crippen LogP contribution is 2.64. The lowest BCUT2D eigenvalue weighted by molar-refractivity contribution is -0.282. The Bertz CT molecular complexity index is 1520. The Morgan fingerprint density at radius 2 is 0.885 bits per heavy atom. The molecule has 0 aromatic carbocycles. The van der Waals surface area contributed by atoms with Crippen LogP contribution in [-0.2, 0) is 52.5 Å². The zero-order chi connectivity index (χ0) is 39.3. The second-order valence-electron chi connectivity index (χ2n) is 16.1. The van der Waals surface area contributed by atoms with Crippen LogP contribution in [0, 0.1) is 11.8 Å². The lowest BCUT2D eigenvalue weighted by Crippen LogP contribution is -2.69. The maximum Gasteiger partial charge on any atom is 0.490 e. The topological polar surface area (TPSA) is 189 Å². The van der Waals surface area contributed by atoms with Crippen molar-refractivity contribution in [1.29, 1.82) is 0 Å². The Morgan fingerprint density at radius 1 is 0.538 bits per heavy atom. The van der Waals surface area contributed by atoms with Gasteiger partial charge in [0.05, 0.1) is 11.2 Å². The van der Waals surface area contributed by atoms with Gasteiger partial charge in [-0.15, -0.1) is 0 Å². The number of esters is 6. The molecule has 290 valence electrons. The minimum atomic E-state index is -5.14. The van der Waals surface area contributed by atoms with Crippen molar-refractivity contribution in [2.75, 3.05) is 0 Å². The fraction of sp³-hybridized carbons (Fsp3) is 0.722. The molecule has 8 aliphatic carbocycles. The van der Waals surface area contributed by atoms with Gasteiger partial charge < -0.3 is 33.9 Å². The Hall–Kier alpha value is -3.79. The maximum atomic E-state index is 12.8. The molecule has 0 amide bonds. The van der Waals surface area contributed by atoms with Crippen molar-refractivity contribution in [3.8, 4) is 0 Å². The van der Waals surface area contributed by atoms with Crippen LogP contribution in [0.1, 0.15) is 112 Å². The molecule has 13 nitrogen and oxygen atoms in total. The molecule has 0 aromatic heterocycles. The third kappa shape index (κ3) is 9.41. The minimum absolute atomic E-state index is 0.0374. The summed E-state index contributed by atoms with van der Waals surface area (Å²) in [4.78, 5) is 66.6. The van der Waals surface area contributed by atoms with Gasteiger partial charge in [-0.2, -0.15) is 13.2 Å². The van der Waals surface area contributed by atoms with Gasteiger partial charge in [0.1, 0.15) is 22.4 Å². The van der Waals surface area contributed by atoms with Crippen LogP contribution in [0.4, 0.5) is 13.2 Å². The highest BCUT2D eigenvalue weighted by Gasteiger charge is 2.69. The summed E-state index contributed by atoms with van der Waals surface area (Å²) < 4.78 is 64.0. The third-order valence-electron chi connectivity index (χ3n) is 10.4. The number of halogens is 3. The number of hydrogen-bond acceptors (Lipinski definition) is 13. The molecule has 6 unspecified atom stereocenters. The molecule has 0 radical (unpaired) electrons. The molecule has 8 fully saturated rings. The molecule has 52 heavy (non-hydrogen) atoms. The molecule has 0 aliphatic heterocycles. The smallest absolute Gasteiger partial charge is 0.459 e. The molecule has 6 atom stereocenters. The highest BCUT2D eigenvalue weighted by atomic mass is 19.4. The molecular weight excluding hydrogens is 697 g/mol. The molecule has 0 spiro atoms. The lowest BCUT2D eigenvalue weighted by Gasteiger charge is -2.63. The third-order valence-corrected chi connectivity index (χ3v) is 10.4. The van der Waals surface area contributed by atoms with Crippen LogP contribution in [0.3, 0.4) is 0 Å². The van der Waals surface area contributed by atoms with Gasteiger partial charge in [0.2, 0.25) is 0 Å². The van der Waals surface area contributed by atoms with Gasteiger partial charge >= 0.3 is 42.0 Å². The number of carbonyl (C=O) groups excluding carboxylic acids is 6. The number of carbonyl (C=O) groups is 6. The van der Waals surface area contributed by atoms with Gasteiger partial charge in [0.25, 0.3) is 0 Å². The van der Waals surface area contributed by atoms with E-state index in [9.17, 15) is 52.2 Å². The van der Waals surface area contributed by atoms with Crippen molar-refractivity contribution in [2.24, 2.45) is 11.8 Å². The Morgan fingerprint density at radius 3 is 1.19 bits per heavy atom. The van der Waals surface area contributed by atoms with Crippen molar-refractivity contribution < 1.29 is 75.8 Å². The molecule has 2 N–H and O–H groups in total. The average molecular weight is 745 g/mol. The van der Waals surface area contributed by atoms with Crippen LogP contribution in [-0.4, -0.2) is 85.8 Å². The van der Waals surface area contributed by atoms with Crippen molar-refractivity contribution in [2.45, 2.75) is 151 Å². The summed E-state index contributed by atoms with van der Waals surface area (Å²) in [6.45, 7) is 13.8. The first-order valence-electron chi connectivity index (χ1n) is 17.1.